The molecule has 540 valence electrons. The molecule has 17 nitrogen and oxygen atoms in total. The maximum atomic E-state index is 13.0. The topological polar surface area (TPSA) is 237 Å². The average molecular weight is 1340 g/mol. The lowest BCUT2D eigenvalue weighted by Crippen LogP contribution is -2.30. The Hall–Kier alpha value is -1.94. The summed E-state index contributed by atoms with van der Waals surface area (Å²) in [4.78, 5) is 72.3. The van der Waals surface area contributed by atoms with Crippen LogP contribution in [0.25, 0.3) is 0 Å². The van der Waals surface area contributed by atoms with E-state index >= 15 is 0 Å². The number of aliphatic hydroxyl groups excluding tert-OH is 1. The highest BCUT2D eigenvalue weighted by Crippen LogP contribution is 2.45. The minimum atomic E-state index is -4.95. The molecule has 0 bridgehead atoms. The average Bonchev–Trinajstić information content (AvgIpc) is 3.31. The SMILES string of the molecule is CCCCCCCCCCCCCCCCCCCCCCC(=O)O[C@H](COC(=O)CCCCCCCCCCCCC(C)CC)COP(=O)(O)OC[C@@H](O)COP(=O)(O)OC[C@@H](COC(=O)CCCCCCC)OC(=O)CCCCCCCCCCCCCC. The van der Waals surface area contributed by atoms with Gasteiger partial charge in [-0.3, -0.25) is 37.3 Å². The summed E-state index contributed by atoms with van der Waals surface area (Å²) in [6.45, 7) is 7.20. The van der Waals surface area contributed by atoms with E-state index in [0.29, 0.717) is 25.7 Å². The molecule has 0 saturated carbocycles. The predicted molar refractivity (Wildman–Crippen MR) is 368 cm³/mol. The molecule has 0 aliphatic rings. The third kappa shape index (κ3) is 65.1. The quantitative estimate of drug-likeness (QED) is 0.0222. The van der Waals surface area contributed by atoms with Crippen LogP contribution in [0.5, 0.6) is 0 Å². The van der Waals surface area contributed by atoms with E-state index in [4.69, 9.17) is 37.0 Å². The second-order valence-electron chi connectivity index (χ2n) is 26.2. The van der Waals surface area contributed by atoms with Gasteiger partial charge in [0.25, 0.3) is 0 Å². The zero-order chi connectivity index (χ0) is 67.0. The molecule has 0 fully saturated rings. The van der Waals surface area contributed by atoms with Gasteiger partial charge in [0.1, 0.15) is 19.3 Å². The van der Waals surface area contributed by atoms with Crippen molar-refractivity contribution in [1.82, 2.24) is 0 Å². The van der Waals surface area contributed by atoms with Crippen LogP contribution >= 0.6 is 15.6 Å². The lowest BCUT2D eigenvalue weighted by atomic mass is 9.99. The number of ether oxygens (including phenoxy) is 4. The van der Waals surface area contributed by atoms with Gasteiger partial charge < -0.3 is 33.8 Å². The van der Waals surface area contributed by atoms with Gasteiger partial charge in [-0.1, -0.05) is 324 Å². The molecule has 91 heavy (non-hydrogen) atoms. The summed E-state index contributed by atoms with van der Waals surface area (Å²) in [7, 11) is -9.89. The predicted octanol–water partition coefficient (Wildman–Crippen LogP) is 20.9. The fourth-order valence-corrected chi connectivity index (χ4v) is 12.5. The fourth-order valence-electron chi connectivity index (χ4n) is 11.0. The van der Waals surface area contributed by atoms with Gasteiger partial charge in [-0.25, -0.2) is 9.13 Å². The molecule has 0 spiro atoms. The van der Waals surface area contributed by atoms with Crippen LogP contribution in [0.4, 0.5) is 0 Å². The highest BCUT2D eigenvalue weighted by molar-refractivity contribution is 7.47. The number of phosphoric acid groups is 2. The van der Waals surface area contributed by atoms with Crippen molar-refractivity contribution >= 4 is 39.5 Å². The van der Waals surface area contributed by atoms with Crippen LogP contribution in [0.1, 0.15) is 375 Å². The summed E-state index contributed by atoms with van der Waals surface area (Å²) in [5.41, 5.74) is 0. The number of phosphoric ester groups is 2. The summed E-state index contributed by atoms with van der Waals surface area (Å²) >= 11 is 0. The van der Waals surface area contributed by atoms with Gasteiger partial charge in [0.05, 0.1) is 26.4 Å². The Labute approximate surface area is 556 Å². The third-order valence-electron chi connectivity index (χ3n) is 17.1. The van der Waals surface area contributed by atoms with Gasteiger partial charge in [-0.05, 0) is 31.6 Å². The van der Waals surface area contributed by atoms with Crippen LogP contribution < -0.4 is 0 Å². The van der Waals surface area contributed by atoms with Crippen LogP contribution in [0, 0.1) is 5.92 Å². The van der Waals surface area contributed by atoms with Gasteiger partial charge in [-0.2, -0.15) is 0 Å². The lowest BCUT2D eigenvalue weighted by molar-refractivity contribution is -0.161. The smallest absolute Gasteiger partial charge is 0.462 e. The molecule has 19 heteroatoms. The number of esters is 4. The molecule has 3 unspecified atom stereocenters. The van der Waals surface area contributed by atoms with E-state index in [-0.39, 0.29) is 25.7 Å². The molecule has 0 aliphatic heterocycles. The summed E-state index contributed by atoms with van der Waals surface area (Å²) < 4.78 is 68.1. The Morgan fingerprint density at radius 2 is 0.527 bits per heavy atom. The Morgan fingerprint density at radius 3 is 0.780 bits per heavy atom. The Balaban J connectivity index is 5.13. The summed E-state index contributed by atoms with van der Waals surface area (Å²) in [6.07, 6.45) is 53.1. The largest absolute Gasteiger partial charge is 0.472 e. The van der Waals surface area contributed by atoms with E-state index in [1.807, 2.05) is 0 Å². The number of hydrogen-bond acceptors (Lipinski definition) is 15. The monoisotopic (exact) mass is 1340 g/mol. The maximum absolute atomic E-state index is 13.0. The molecular formula is C72H140O17P2. The minimum Gasteiger partial charge on any atom is -0.462 e. The summed E-state index contributed by atoms with van der Waals surface area (Å²) in [5, 5.41) is 10.6. The molecule has 0 aliphatic carbocycles. The summed E-state index contributed by atoms with van der Waals surface area (Å²) in [5.74, 6) is -1.32. The van der Waals surface area contributed by atoms with Gasteiger partial charge in [-0.15, -0.1) is 0 Å². The molecule has 0 radical (unpaired) electrons. The van der Waals surface area contributed by atoms with Crippen LogP contribution in [-0.2, 0) is 65.4 Å². The molecule has 0 aromatic rings. The zero-order valence-corrected chi connectivity index (χ0v) is 60.8. The number of aliphatic hydroxyl groups is 1. The van der Waals surface area contributed by atoms with E-state index in [9.17, 15) is 43.2 Å². The number of carbonyl (C=O) groups is 4. The van der Waals surface area contributed by atoms with Crippen molar-refractivity contribution in [3.05, 3.63) is 0 Å². The number of rotatable bonds is 72. The van der Waals surface area contributed by atoms with E-state index in [1.54, 1.807) is 0 Å². The van der Waals surface area contributed by atoms with Crippen LogP contribution in [0.2, 0.25) is 0 Å². The number of hydrogen-bond donors (Lipinski definition) is 3. The van der Waals surface area contributed by atoms with E-state index in [1.165, 1.54) is 193 Å². The fraction of sp³-hybridized carbons (Fsp3) is 0.944. The molecule has 0 heterocycles. The first-order chi connectivity index (χ1) is 44.1. The van der Waals surface area contributed by atoms with Crippen LogP contribution in [0.15, 0.2) is 0 Å². The van der Waals surface area contributed by atoms with Crippen LogP contribution in [0.3, 0.4) is 0 Å². The van der Waals surface area contributed by atoms with Gasteiger partial charge >= 0.3 is 39.5 Å². The first-order valence-corrected chi connectivity index (χ1v) is 40.7. The highest BCUT2D eigenvalue weighted by atomic mass is 31.2. The molecule has 3 N–H and O–H groups in total. The van der Waals surface area contributed by atoms with Crippen molar-refractivity contribution in [3.8, 4) is 0 Å². The standard InChI is InChI=1S/C72H140O17P2/c1-6-10-13-16-18-20-22-24-25-26-27-28-29-30-31-33-39-43-48-53-58-72(77)89-68(62-83-70(75)56-51-46-41-37-35-34-36-40-45-49-54-65(5)9-4)64-87-91(80,81)85-60-66(73)59-84-90(78,79)86-63-67(61-82-69(74)55-50-44-15-12-8-3)88-71(76)57-52-47-42-38-32-23-21-19-17-14-11-7-2/h65-68,73H,6-64H2,1-5H3,(H,78,79)(H,80,81)/t65?,66-,67+,68+/m0/s1. The molecular weight excluding hydrogens is 1200 g/mol. The van der Waals surface area contributed by atoms with Gasteiger partial charge in [0, 0.05) is 25.7 Å². The van der Waals surface area contributed by atoms with Crippen molar-refractivity contribution in [3.63, 3.8) is 0 Å². The minimum absolute atomic E-state index is 0.107. The second kappa shape index (κ2) is 65.4. The first-order valence-electron chi connectivity index (χ1n) is 37.7. The number of unbranched alkanes of at least 4 members (excludes halogenated alkanes) is 43. The van der Waals surface area contributed by atoms with Crippen molar-refractivity contribution < 1.29 is 80.2 Å². The van der Waals surface area contributed by atoms with Gasteiger partial charge in [0.15, 0.2) is 12.2 Å². The molecule has 0 saturated heterocycles. The molecule has 0 aromatic carbocycles. The normalized spacial score (nSPS) is 14.3. The number of carbonyl (C=O) groups excluding carboxylic acids is 4. The van der Waals surface area contributed by atoms with Crippen LogP contribution in [-0.4, -0.2) is 96.7 Å². The third-order valence-corrected chi connectivity index (χ3v) is 19.0. The van der Waals surface area contributed by atoms with E-state index < -0.39 is 97.5 Å². The Bertz CT molecular complexity index is 1760. The first kappa shape index (κ1) is 89.1. The lowest BCUT2D eigenvalue weighted by Gasteiger charge is -2.21. The Kier molecular flexibility index (Phi) is 64.0. The second-order valence-corrected chi connectivity index (χ2v) is 29.1. The maximum Gasteiger partial charge on any atom is 0.472 e. The van der Waals surface area contributed by atoms with E-state index in [2.05, 4.69) is 34.6 Å². The highest BCUT2D eigenvalue weighted by Gasteiger charge is 2.30. The molecule has 0 rings (SSSR count). The Morgan fingerprint density at radius 1 is 0.308 bits per heavy atom. The molecule has 6 atom stereocenters. The molecule has 0 amide bonds. The molecule has 0 aromatic heterocycles. The van der Waals surface area contributed by atoms with E-state index in [0.717, 1.165) is 102 Å². The van der Waals surface area contributed by atoms with Crippen molar-refractivity contribution in [2.24, 2.45) is 5.92 Å². The van der Waals surface area contributed by atoms with Gasteiger partial charge in [0.2, 0.25) is 0 Å². The summed E-state index contributed by atoms with van der Waals surface area (Å²) in [6, 6.07) is 0. The van der Waals surface area contributed by atoms with Crippen molar-refractivity contribution in [2.75, 3.05) is 39.6 Å². The zero-order valence-electron chi connectivity index (χ0n) is 59.0. The van der Waals surface area contributed by atoms with Crippen molar-refractivity contribution in [2.45, 2.75) is 393 Å². The van der Waals surface area contributed by atoms with Crippen molar-refractivity contribution in [1.29, 1.82) is 0 Å².